The summed E-state index contributed by atoms with van der Waals surface area (Å²) >= 11 is 0. The lowest BCUT2D eigenvalue weighted by molar-refractivity contribution is 0.277. The average Bonchev–Trinajstić information content (AvgIpc) is 2.06. The van der Waals surface area contributed by atoms with Crippen molar-refractivity contribution in [3.8, 4) is 0 Å². The second-order valence-electron chi connectivity index (χ2n) is 2.22. The molecule has 0 aliphatic heterocycles. The molecule has 0 heterocycles. The van der Waals surface area contributed by atoms with E-state index in [-0.39, 0.29) is 6.61 Å². The molecule has 0 saturated carbocycles. The third-order valence-corrected chi connectivity index (χ3v) is 2.78. The van der Waals surface area contributed by atoms with Gasteiger partial charge in [0.25, 0.3) is 0 Å². The molecule has 0 aromatic heterocycles. The first-order valence-corrected chi connectivity index (χ1v) is 5.11. The van der Waals surface area contributed by atoms with Crippen LogP contribution in [0.5, 0.6) is 0 Å². The van der Waals surface area contributed by atoms with Crippen LogP contribution in [0.2, 0.25) is 0 Å². The van der Waals surface area contributed by atoms with Gasteiger partial charge in [0.2, 0.25) is 0 Å². The molecule has 68 valence electrons. The zero-order valence-electron chi connectivity index (χ0n) is 6.80. The summed E-state index contributed by atoms with van der Waals surface area (Å²) in [6, 6.07) is 8.55. The van der Waals surface area contributed by atoms with Gasteiger partial charge in [-0.1, -0.05) is 18.2 Å². The van der Waals surface area contributed by atoms with E-state index in [1.807, 2.05) is 6.07 Å². The molecule has 0 amide bonds. The zero-order valence-corrected chi connectivity index (χ0v) is 7.62. The maximum Gasteiger partial charge on any atom is 0.115 e. The molecule has 0 saturated heterocycles. The summed E-state index contributed by atoms with van der Waals surface area (Å²) in [4.78, 5) is 0.423. The van der Waals surface area contributed by atoms with Crippen LogP contribution in [0.25, 0.3) is 0 Å². The summed E-state index contributed by atoms with van der Waals surface area (Å²) in [6.45, 7) is 2.01. The Bertz CT molecular complexity index is 235. The average molecular weight is 188 g/mol. The van der Waals surface area contributed by atoms with Crippen molar-refractivity contribution in [3.05, 3.63) is 30.3 Å². The van der Waals surface area contributed by atoms with E-state index in [2.05, 4.69) is 0 Å². The molecule has 3 nitrogen and oxygen atoms in total. The van der Waals surface area contributed by atoms with Crippen molar-refractivity contribution in [3.63, 3.8) is 0 Å². The molecule has 0 bridgehead atoms. The van der Waals surface area contributed by atoms with Crippen molar-refractivity contribution in [2.75, 3.05) is 6.61 Å². The summed E-state index contributed by atoms with van der Waals surface area (Å²) in [5, 5.41) is 0. The van der Waals surface area contributed by atoms with Gasteiger partial charge in [-0.25, -0.2) is 0 Å². The van der Waals surface area contributed by atoms with Crippen molar-refractivity contribution in [2.24, 2.45) is 0 Å². The van der Waals surface area contributed by atoms with Crippen molar-refractivity contribution < 1.29 is 13.3 Å². The van der Waals surface area contributed by atoms with Crippen LogP contribution in [0.4, 0.5) is 0 Å². The number of rotatable bonds is 3. The van der Waals surface area contributed by atoms with Gasteiger partial charge in [0.1, 0.15) is 10.9 Å². The molecular weight excluding hydrogens is 176 g/mol. The summed E-state index contributed by atoms with van der Waals surface area (Å²) in [6.07, 6.45) is 0. The summed E-state index contributed by atoms with van der Waals surface area (Å²) in [5.41, 5.74) is 0. The van der Waals surface area contributed by atoms with Crippen LogP contribution in [0.1, 0.15) is 6.92 Å². The monoisotopic (exact) mass is 188 g/mol. The first-order chi connectivity index (χ1) is 5.67. The van der Waals surface area contributed by atoms with Gasteiger partial charge in [0.05, 0.1) is 11.5 Å². The third-order valence-electron chi connectivity index (χ3n) is 1.33. The largest absolute Gasteiger partial charge is 0.304 e. The SMILES string of the molecule is CCOS(O)(O)c1ccccc1. The highest BCUT2D eigenvalue weighted by atomic mass is 32.3. The topological polar surface area (TPSA) is 49.7 Å². The molecule has 0 radical (unpaired) electrons. The Labute approximate surface area is 73.5 Å². The fourth-order valence-corrected chi connectivity index (χ4v) is 1.81. The second kappa shape index (κ2) is 3.91. The minimum Gasteiger partial charge on any atom is -0.304 e. The fraction of sp³-hybridized carbons (Fsp3) is 0.250. The van der Waals surface area contributed by atoms with E-state index in [4.69, 9.17) is 4.18 Å². The number of benzene rings is 1. The highest BCUT2D eigenvalue weighted by Gasteiger charge is 2.18. The molecular formula is C8H12O3S. The van der Waals surface area contributed by atoms with E-state index in [1.165, 1.54) is 0 Å². The molecule has 2 N–H and O–H groups in total. The Hall–Kier alpha value is -0.550. The van der Waals surface area contributed by atoms with Gasteiger partial charge in [-0.05, 0) is 19.1 Å². The van der Waals surface area contributed by atoms with Crippen LogP contribution >= 0.6 is 10.9 Å². The van der Waals surface area contributed by atoms with E-state index >= 15 is 0 Å². The normalized spacial score (nSPS) is 12.9. The molecule has 0 fully saturated rings. The van der Waals surface area contributed by atoms with Crippen LogP contribution in [0, 0.1) is 0 Å². The molecule has 12 heavy (non-hydrogen) atoms. The number of hydrogen-bond donors (Lipinski definition) is 2. The first-order valence-electron chi connectivity index (χ1n) is 3.64. The van der Waals surface area contributed by atoms with Gasteiger partial charge in [-0.3, -0.25) is 4.18 Å². The smallest absolute Gasteiger partial charge is 0.115 e. The van der Waals surface area contributed by atoms with Gasteiger partial charge in [0, 0.05) is 0 Å². The van der Waals surface area contributed by atoms with Gasteiger partial charge < -0.3 is 9.11 Å². The molecule has 0 atom stereocenters. The molecule has 0 unspecified atom stereocenters. The van der Waals surface area contributed by atoms with Crippen molar-refractivity contribution in [1.82, 2.24) is 0 Å². The molecule has 0 aliphatic rings. The predicted octanol–water partition coefficient (Wildman–Crippen LogP) is 2.75. The van der Waals surface area contributed by atoms with Gasteiger partial charge in [0.15, 0.2) is 0 Å². The van der Waals surface area contributed by atoms with Crippen LogP contribution in [0.3, 0.4) is 0 Å². The second-order valence-corrected chi connectivity index (χ2v) is 3.92. The fourth-order valence-electron chi connectivity index (χ4n) is 0.830. The maximum absolute atomic E-state index is 9.40. The lowest BCUT2D eigenvalue weighted by atomic mass is 10.4. The van der Waals surface area contributed by atoms with Crippen LogP contribution < -0.4 is 0 Å². The molecule has 4 heteroatoms. The Morgan fingerprint density at radius 1 is 1.25 bits per heavy atom. The van der Waals surface area contributed by atoms with Gasteiger partial charge in [-0.15, -0.1) is 0 Å². The molecule has 1 aromatic rings. The molecule has 1 aromatic carbocycles. The van der Waals surface area contributed by atoms with Crippen molar-refractivity contribution in [2.45, 2.75) is 11.8 Å². The quantitative estimate of drug-likeness (QED) is 0.766. The zero-order chi connectivity index (χ0) is 9.03. The minimum atomic E-state index is -3.01. The highest BCUT2D eigenvalue weighted by molar-refractivity contribution is 8.20. The predicted molar refractivity (Wildman–Crippen MR) is 49.2 cm³/mol. The van der Waals surface area contributed by atoms with E-state index in [9.17, 15) is 9.11 Å². The summed E-state index contributed by atoms with van der Waals surface area (Å²) < 4.78 is 23.6. The summed E-state index contributed by atoms with van der Waals surface area (Å²) in [5.74, 6) is 0. The highest BCUT2D eigenvalue weighted by Crippen LogP contribution is 2.48. The van der Waals surface area contributed by atoms with E-state index in [1.54, 1.807) is 31.2 Å². The molecule has 0 aliphatic carbocycles. The Balaban J connectivity index is 2.82. The third kappa shape index (κ3) is 2.22. The lowest BCUT2D eigenvalue weighted by Crippen LogP contribution is -2.02. The van der Waals surface area contributed by atoms with E-state index < -0.39 is 10.9 Å². The van der Waals surface area contributed by atoms with E-state index in [0.717, 1.165) is 0 Å². The summed E-state index contributed by atoms with van der Waals surface area (Å²) in [7, 11) is -3.01. The maximum atomic E-state index is 9.40. The standard InChI is InChI=1S/C8H12O3S/c1-2-11-12(9,10)8-6-4-3-5-7-8/h3-7,9-10H,2H2,1H3. The lowest BCUT2D eigenvalue weighted by Gasteiger charge is -2.25. The van der Waals surface area contributed by atoms with Crippen molar-refractivity contribution in [1.29, 1.82) is 0 Å². The Kier molecular flexibility index (Phi) is 3.11. The van der Waals surface area contributed by atoms with Crippen LogP contribution in [-0.2, 0) is 4.18 Å². The van der Waals surface area contributed by atoms with E-state index in [0.29, 0.717) is 4.90 Å². The van der Waals surface area contributed by atoms with Gasteiger partial charge in [-0.2, -0.15) is 0 Å². The van der Waals surface area contributed by atoms with Gasteiger partial charge >= 0.3 is 0 Å². The molecule has 1 rings (SSSR count). The Morgan fingerprint density at radius 3 is 2.33 bits per heavy atom. The number of hydrogen-bond acceptors (Lipinski definition) is 3. The molecule has 0 spiro atoms. The first kappa shape index (κ1) is 9.54. The Morgan fingerprint density at radius 2 is 1.83 bits per heavy atom. The van der Waals surface area contributed by atoms with Crippen molar-refractivity contribution >= 4 is 10.9 Å². The minimum absolute atomic E-state index is 0.289. The van der Waals surface area contributed by atoms with Crippen LogP contribution in [-0.4, -0.2) is 15.7 Å². The van der Waals surface area contributed by atoms with Crippen LogP contribution in [0.15, 0.2) is 35.2 Å².